The van der Waals surface area contributed by atoms with Crippen molar-refractivity contribution in [2.45, 2.75) is 39.2 Å². The molecular weight excluding hydrogens is 240 g/mol. The van der Waals surface area contributed by atoms with Gasteiger partial charge in [0.2, 0.25) is 5.91 Å². The molecule has 4 N–H and O–H groups in total. The highest BCUT2D eigenvalue weighted by Crippen LogP contribution is 2.39. The highest BCUT2D eigenvalue weighted by atomic mass is 16.5. The van der Waals surface area contributed by atoms with E-state index in [-0.39, 0.29) is 12.5 Å². The average Bonchev–Trinajstić information content (AvgIpc) is 3.10. The highest BCUT2D eigenvalue weighted by Gasteiger charge is 2.47. The van der Waals surface area contributed by atoms with E-state index in [1.54, 1.807) is 0 Å². The molecule has 4 heteroatoms. The second-order valence-corrected chi connectivity index (χ2v) is 5.70. The predicted molar refractivity (Wildman–Crippen MR) is 75.0 cm³/mol. The van der Waals surface area contributed by atoms with E-state index in [9.17, 15) is 4.79 Å². The Hall–Kier alpha value is -1.55. The van der Waals surface area contributed by atoms with Crippen LogP contribution in [0.5, 0.6) is 5.75 Å². The molecule has 1 aromatic rings. The van der Waals surface area contributed by atoms with Gasteiger partial charge in [-0.15, -0.1) is 0 Å². The molecule has 0 saturated heterocycles. The Kier molecular flexibility index (Phi) is 3.54. The lowest BCUT2D eigenvalue weighted by atomic mass is 9.95. The molecular formula is C15H22N2O2. The third-order valence-electron chi connectivity index (χ3n) is 3.82. The zero-order valence-corrected chi connectivity index (χ0v) is 11.8. The number of carbonyl (C=O) groups is 1. The summed E-state index contributed by atoms with van der Waals surface area (Å²) >= 11 is 0. The lowest BCUT2D eigenvalue weighted by molar-refractivity contribution is -0.125. The molecule has 0 bridgehead atoms. The minimum atomic E-state index is -1.04. The Morgan fingerprint density at radius 1 is 1.32 bits per heavy atom. The van der Waals surface area contributed by atoms with Crippen LogP contribution in [-0.4, -0.2) is 18.1 Å². The van der Waals surface area contributed by atoms with Crippen LogP contribution in [0.15, 0.2) is 12.1 Å². The minimum absolute atomic E-state index is 0.151. The van der Waals surface area contributed by atoms with E-state index in [2.05, 4.69) is 12.1 Å². The van der Waals surface area contributed by atoms with Crippen LogP contribution in [0.25, 0.3) is 0 Å². The third kappa shape index (κ3) is 2.73. The minimum Gasteiger partial charge on any atom is -0.491 e. The van der Waals surface area contributed by atoms with Crippen molar-refractivity contribution < 1.29 is 9.53 Å². The predicted octanol–water partition coefficient (Wildman–Crippen LogP) is 1.58. The zero-order chi connectivity index (χ0) is 14.2. The van der Waals surface area contributed by atoms with Gasteiger partial charge in [-0.2, -0.15) is 0 Å². The number of nitrogens with two attached hydrogens (primary N) is 2. The number of aryl methyl sites for hydroxylation is 3. The summed E-state index contributed by atoms with van der Waals surface area (Å²) in [7, 11) is 0. The molecule has 2 rings (SSSR count). The van der Waals surface area contributed by atoms with Gasteiger partial charge >= 0.3 is 0 Å². The van der Waals surface area contributed by atoms with Gasteiger partial charge in [-0.05, 0) is 50.7 Å². The molecule has 4 nitrogen and oxygen atoms in total. The second kappa shape index (κ2) is 4.85. The van der Waals surface area contributed by atoms with Gasteiger partial charge in [-0.1, -0.05) is 17.7 Å². The molecule has 1 atom stereocenters. The van der Waals surface area contributed by atoms with Crippen LogP contribution in [0, 0.1) is 26.7 Å². The number of primary amides is 1. The van der Waals surface area contributed by atoms with Crippen molar-refractivity contribution in [1.29, 1.82) is 0 Å². The number of benzene rings is 1. The monoisotopic (exact) mass is 262 g/mol. The molecule has 19 heavy (non-hydrogen) atoms. The van der Waals surface area contributed by atoms with E-state index in [0.29, 0.717) is 0 Å². The Labute approximate surface area is 114 Å². The first-order chi connectivity index (χ1) is 8.84. The fourth-order valence-electron chi connectivity index (χ4n) is 2.57. The van der Waals surface area contributed by atoms with Crippen LogP contribution in [0.2, 0.25) is 0 Å². The van der Waals surface area contributed by atoms with Gasteiger partial charge in [0, 0.05) is 0 Å². The summed E-state index contributed by atoms with van der Waals surface area (Å²) in [5.74, 6) is 0.496. The van der Waals surface area contributed by atoms with Crippen molar-refractivity contribution in [3.8, 4) is 5.75 Å². The molecule has 104 valence electrons. The standard InChI is InChI=1S/C15H22N2O2/c1-9-6-10(2)13(11(3)7-9)19-8-15(17,14(16)18)12-4-5-12/h6-7,12H,4-5,8,17H2,1-3H3,(H2,16,18). The van der Waals surface area contributed by atoms with Crippen LogP contribution in [-0.2, 0) is 4.79 Å². The lowest BCUT2D eigenvalue weighted by Gasteiger charge is -2.26. The summed E-state index contributed by atoms with van der Waals surface area (Å²) in [5.41, 5.74) is 13.8. The average molecular weight is 262 g/mol. The van der Waals surface area contributed by atoms with Gasteiger partial charge in [0.1, 0.15) is 17.9 Å². The lowest BCUT2D eigenvalue weighted by Crippen LogP contribution is -2.58. The van der Waals surface area contributed by atoms with Crippen molar-refractivity contribution in [2.24, 2.45) is 17.4 Å². The van der Waals surface area contributed by atoms with Gasteiger partial charge in [0.15, 0.2) is 0 Å². The topological polar surface area (TPSA) is 78.3 Å². The number of hydrogen-bond donors (Lipinski definition) is 2. The van der Waals surface area contributed by atoms with E-state index in [4.69, 9.17) is 16.2 Å². The summed E-state index contributed by atoms with van der Waals surface area (Å²) in [4.78, 5) is 11.6. The molecule has 1 aromatic carbocycles. The maximum absolute atomic E-state index is 11.6. The van der Waals surface area contributed by atoms with E-state index in [1.807, 2.05) is 20.8 Å². The largest absolute Gasteiger partial charge is 0.491 e. The van der Waals surface area contributed by atoms with Gasteiger partial charge in [-0.3, -0.25) is 4.79 Å². The molecule has 1 unspecified atom stereocenters. The number of carbonyl (C=O) groups excluding carboxylic acids is 1. The van der Waals surface area contributed by atoms with Crippen LogP contribution < -0.4 is 16.2 Å². The quantitative estimate of drug-likeness (QED) is 0.845. The molecule has 1 aliphatic rings. The Bertz CT molecular complexity index is 486. The molecule has 0 radical (unpaired) electrons. The van der Waals surface area contributed by atoms with Gasteiger partial charge in [0.25, 0.3) is 0 Å². The highest BCUT2D eigenvalue weighted by molar-refractivity contribution is 5.85. The molecule has 1 amide bonds. The number of hydrogen-bond acceptors (Lipinski definition) is 3. The first-order valence-electron chi connectivity index (χ1n) is 6.64. The summed E-state index contributed by atoms with van der Waals surface area (Å²) < 4.78 is 5.82. The van der Waals surface area contributed by atoms with Gasteiger partial charge in [0.05, 0.1) is 0 Å². The van der Waals surface area contributed by atoms with Crippen molar-refractivity contribution >= 4 is 5.91 Å². The number of amides is 1. The van der Waals surface area contributed by atoms with E-state index < -0.39 is 11.4 Å². The molecule has 1 aliphatic carbocycles. The molecule has 0 heterocycles. The fraction of sp³-hybridized carbons (Fsp3) is 0.533. The molecule has 0 spiro atoms. The normalized spacial score (nSPS) is 17.9. The van der Waals surface area contributed by atoms with Crippen LogP contribution >= 0.6 is 0 Å². The summed E-state index contributed by atoms with van der Waals surface area (Å²) in [5, 5.41) is 0. The Morgan fingerprint density at radius 2 is 1.84 bits per heavy atom. The Morgan fingerprint density at radius 3 is 2.26 bits per heavy atom. The van der Waals surface area contributed by atoms with Crippen molar-refractivity contribution in [2.75, 3.05) is 6.61 Å². The second-order valence-electron chi connectivity index (χ2n) is 5.70. The maximum Gasteiger partial charge on any atom is 0.241 e. The molecule has 0 aliphatic heterocycles. The van der Waals surface area contributed by atoms with Crippen molar-refractivity contribution in [3.05, 3.63) is 28.8 Å². The summed E-state index contributed by atoms with van der Waals surface area (Å²) in [6, 6.07) is 4.11. The van der Waals surface area contributed by atoms with Crippen LogP contribution in [0.4, 0.5) is 0 Å². The first-order valence-corrected chi connectivity index (χ1v) is 6.64. The van der Waals surface area contributed by atoms with Crippen LogP contribution in [0.1, 0.15) is 29.5 Å². The number of rotatable bonds is 5. The van der Waals surface area contributed by atoms with Crippen molar-refractivity contribution in [1.82, 2.24) is 0 Å². The molecule has 0 aromatic heterocycles. The first kappa shape index (κ1) is 13.9. The van der Waals surface area contributed by atoms with E-state index in [1.165, 1.54) is 5.56 Å². The molecule has 1 fully saturated rings. The maximum atomic E-state index is 11.6. The smallest absolute Gasteiger partial charge is 0.241 e. The fourth-order valence-corrected chi connectivity index (χ4v) is 2.57. The number of ether oxygens (including phenoxy) is 1. The van der Waals surface area contributed by atoms with E-state index in [0.717, 1.165) is 29.7 Å². The van der Waals surface area contributed by atoms with Crippen LogP contribution in [0.3, 0.4) is 0 Å². The zero-order valence-electron chi connectivity index (χ0n) is 11.8. The van der Waals surface area contributed by atoms with Gasteiger partial charge < -0.3 is 16.2 Å². The van der Waals surface area contributed by atoms with Crippen molar-refractivity contribution in [3.63, 3.8) is 0 Å². The SMILES string of the molecule is Cc1cc(C)c(OCC(N)(C(N)=O)C2CC2)c(C)c1. The summed E-state index contributed by atoms with van der Waals surface area (Å²) in [6.07, 6.45) is 1.91. The van der Waals surface area contributed by atoms with E-state index >= 15 is 0 Å². The van der Waals surface area contributed by atoms with Gasteiger partial charge in [-0.25, -0.2) is 0 Å². The Balaban J connectivity index is 2.16. The third-order valence-corrected chi connectivity index (χ3v) is 3.82. The summed E-state index contributed by atoms with van der Waals surface area (Å²) in [6.45, 7) is 6.19. The molecule has 1 saturated carbocycles.